The van der Waals surface area contributed by atoms with E-state index in [1.807, 2.05) is 0 Å². The van der Waals surface area contributed by atoms with Crippen LogP contribution >= 0.6 is 0 Å². The number of anilines is 5. The summed E-state index contributed by atoms with van der Waals surface area (Å²) in [6.45, 7) is 16.9. The number of aryl methyl sites for hydroxylation is 1. The lowest BCUT2D eigenvalue weighted by Gasteiger charge is -2.52. The van der Waals surface area contributed by atoms with E-state index in [9.17, 15) is 0 Å². The number of fused-ring (bicyclic) bond motifs is 10. The van der Waals surface area contributed by atoms with Crippen LogP contribution in [0.2, 0.25) is 0 Å². The number of nitrogens with zero attached hydrogens (tertiary/aromatic N) is 2. The van der Waals surface area contributed by atoms with Crippen molar-refractivity contribution in [2.45, 2.75) is 83.0 Å². The topological polar surface area (TPSA) is 6.48 Å². The van der Waals surface area contributed by atoms with Gasteiger partial charge < -0.3 is 9.71 Å². The lowest BCUT2D eigenvalue weighted by atomic mass is 9.42. The van der Waals surface area contributed by atoms with E-state index in [4.69, 9.17) is 0 Å². The average molecular weight is 825 g/mol. The maximum Gasteiger partial charge on any atom is 0.333 e. The standard InChI is InChI=1S/C61H53BN2/c1-38-33-45-44-36-43-42-23-14-15-24-46(42)60(6,7)50(43)37-54(44)64(41-29-30-47-51(35-41)59(4,5)32-31-58(47,2)3)62-52-27-18-26-49-57(52)63(55(34-38)56(45)62)53-28-17-16-25-48(53)61(49,39-19-10-8-11-20-39)40-21-12-9-13-22-40/h8-30,33-37H,31-32H2,1-7H3. The highest BCUT2D eigenvalue weighted by Gasteiger charge is 2.53. The molecule has 8 aromatic rings. The van der Waals surface area contributed by atoms with Crippen molar-refractivity contribution in [3.05, 3.63) is 220 Å². The van der Waals surface area contributed by atoms with Gasteiger partial charge in [0.15, 0.2) is 0 Å². The first-order chi connectivity index (χ1) is 30.9. The molecule has 0 amide bonds. The molecule has 0 radical (unpaired) electrons. The van der Waals surface area contributed by atoms with Gasteiger partial charge in [-0.3, -0.25) is 0 Å². The first-order valence-corrected chi connectivity index (χ1v) is 23.4. The number of rotatable bonds is 3. The molecule has 2 aliphatic carbocycles. The Morgan fingerprint density at radius 2 is 1.08 bits per heavy atom. The third-order valence-corrected chi connectivity index (χ3v) is 16.4. The van der Waals surface area contributed by atoms with E-state index in [1.54, 1.807) is 0 Å². The van der Waals surface area contributed by atoms with Crippen molar-refractivity contribution < 1.29 is 0 Å². The number of benzene rings is 8. The van der Waals surface area contributed by atoms with Gasteiger partial charge in [0.25, 0.3) is 0 Å². The highest BCUT2D eigenvalue weighted by atomic mass is 15.2. The number of hydrogen-bond donors (Lipinski definition) is 0. The van der Waals surface area contributed by atoms with E-state index in [2.05, 4.69) is 228 Å². The molecule has 0 spiro atoms. The van der Waals surface area contributed by atoms with Crippen molar-refractivity contribution >= 4 is 46.2 Å². The van der Waals surface area contributed by atoms with Crippen LogP contribution in [-0.2, 0) is 21.7 Å². The summed E-state index contributed by atoms with van der Waals surface area (Å²) < 4.78 is 0. The minimum Gasteiger partial charge on any atom is -0.376 e. The Labute approximate surface area is 379 Å². The van der Waals surface area contributed by atoms with Gasteiger partial charge in [-0.25, -0.2) is 0 Å². The Morgan fingerprint density at radius 1 is 0.438 bits per heavy atom. The van der Waals surface area contributed by atoms with Crippen molar-refractivity contribution in [3.8, 4) is 22.3 Å². The second kappa shape index (κ2) is 12.8. The summed E-state index contributed by atoms with van der Waals surface area (Å²) in [6, 6.07) is 65.8. The number of hydrogen-bond acceptors (Lipinski definition) is 2. The predicted molar refractivity (Wildman–Crippen MR) is 270 cm³/mol. The van der Waals surface area contributed by atoms with Crippen LogP contribution in [-0.4, -0.2) is 6.85 Å². The van der Waals surface area contributed by atoms with E-state index < -0.39 is 5.41 Å². The molecule has 0 N–H and O–H groups in total. The first-order valence-electron chi connectivity index (χ1n) is 23.4. The zero-order chi connectivity index (χ0) is 43.5. The summed E-state index contributed by atoms with van der Waals surface area (Å²) in [7, 11) is 0. The Kier molecular flexibility index (Phi) is 7.58. The minimum absolute atomic E-state index is 0.0607. The van der Waals surface area contributed by atoms with E-state index in [1.165, 1.54) is 125 Å². The molecule has 5 aliphatic rings. The molecule has 64 heavy (non-hydrogen) atoms. The van der Waals surface area contributed by atoms with Gasteiger partial charge in [0.05, 0.1) is 11.1 Å². The maximum atomic E-state index is 2.77. The zero-order valence-corrected chi connectivity index (χ0v) is 38.1. The summed E-state index contributed by atoms with van der Waals surface area (Å²) >= 11 is 0. The van der Waals surface area contributed by atoms with Gasteiger partial charge >= 0.3 is 6.85 Å². The molecule has 0 atom stereocenters. The molecule has 0 unspecified atom stereocenters. The van der Waals surface area contributed by atoms with Crippen molar-refractivity contribution in [2.24, 2.45) is 0 Å². The van der Waals surface area contributed by atoms with Crippen LogP contribution in [0.3, 0.4) is 0 Å². The van der Waals surface area contributed by atoms with Crippen LogP contribution in [0.5, 0.6) is 0 Å². The normalized spacial score (nSPS) is 17.9. The van der Waals surface area contributed by atoms with E-state index >= 15 is 0 Å². The predicted octanol–water partition coefficient (Wildman–Crippen LogP) is 14.1. The summed E-state index contributed by atoms with van der Waals surface area (Å²) in [6.07, 6.45) is 2.36. The van der Waals surface area contributed by atoms with Gasteiger partial charge in [0.1, 0.15) is 0 Å². The largest absolute Gasteiger partial charge is 0.376 e. The smallest absolute Gasteiger partial charge is 0.333 e. The molecule has 0 aromatic heterocycles. The van der Waals surface area contributed by atoms with Crippen molar-refractivity contribution in [1.29, 1.82) is 0 Å². The van der Waals surface area contributed by atoms with Crippen molar-refractivity contribution in [2.75, 3.05) is 9.71 Å². The van der Waals surface area contributed by atoms with Gasteiger partial charge in [0, 0.05) is 33.7 Å². The molecule has 3 heteroatoms. The van der Waals surface area contributed by atoms with Gasteiger partial charge in [-0.05, 0) is 145 Å². The third-order valence-electron chi connectivity index (χ3n) is 16.4. The average Bonchev–Trinajstić information content (AvgIpc) is 3.53. The zero-order valence-electron chi connectivity index (χ0n) is 38.1. The van der Waals surface area contributed by atoms with Crippen LogP contribution in [0, 0.1) is 6.92 Å². The summed E-state index contributed by atoms with van der Waals surface area (Å²) in [4.78, 5) is 5.42. The van der Waals surface area contributed by atoms with E-state index in [0.717, 1.165) is 0 Å². The van der Waals surface area contributed by atoms with Crippen LogP contribution < -0.4 is 20.6 Å². The molecule has 310 valence electrons. The SMILES string of the molecule is Cc1cc2c3c(c1)N1c4ccccc4C(c4ccccc4)(c4ccccc4)c4cccc(c41)B3N(c1ccc3c(c1)C(C)(C)CCC3(C)C)c1cc3c(cc1-2)-c1ccccc1C3(C)C. The van der Waals surface area contributed by atoms with E-state index in [-0.39, 0.29) is 23.1 Å². The Morgan fingerprint density at radius 3 is 1.81 bits per heavy atom. The van der Waals surface area contributed by atoms with Crippen molar-refractivity contribution in [1.82, 2.24) is 0 Å². The molecule has 0 bridgehead atoms. The Bertz CT molecular complexity index is 3240. The molecule has 8 aromatic carbocycles. The summed E-state index contributed by atoms with van der Waals surface area (Å²) in [5.74, 6) is 0. The lowest BCUT2D eigenvalue weighted by Crippen LogP contribution is -2.63. The second-order valence-electron chi connectivity index (χ2n) is 21.2. The Balaban J connectivity index is 1.17. The van der Waals surface area contributed by atoms with Crippen LogP contribution in [0.25, 0.3) is 22.3 Å². The van der Waals surface area contributed by atoms with Gasteiger partial charge in [0.2, 0.25) is 0 Å². The Hall–Kier alpha value is -6.58. The first kappa shape index (κ1) is 37.9. The van der Waals surface area contributed by atoms with Crippen LogP contribution in [0.1, 0.15) is 104 Å². The minimum atomic E-state index is -0.555. The monoisotopic (exact) mass is 824 g/mol. The second-order valence-corrected chi connectivity index (χ2v) is 21.2. The molecule has 0 fully saturated rings. The molecule has 3 heterocycles. The highest BCUT2D eigenvalue weighted by Crippen LogP contribution is 2.60. The quantitative estimate of drug-likeness (QED) is 0.164. The third kappa shape index (κ3) is 4.77. The van der Waals surface area contributed by atoms with Crippen LogP contribution in [0.4, 0.5) is 28.4 Å². The molecular formula is C61H53BN2. The summed E-state index contributed by atoms with van der Waals surface area (Å²) in [5.41, 5.74) is 26.2. The molecule has 13 rings (SSSR count). The maximum absolute atomic E-state index is 2.77. The lowest BCUT2D eigenvalue weighted by molar-refractivity contribution is 0.332. The highest BCUT2D eigenvalue weighted by molar-refractivity contribution is 6.93. The van der Waals surface area contributed by atoms with Gasteiger partial charge in [-0.1, -0.05) is 175 Å². The van der Waals surface area contributed by atoms with Gasteiger partial charge in [-0.2, -0.15) is 0 Å². The number of para-hydroxylation sites is 2. The fraction of sp³-hybridized carbons (Fsp3) is 0.213. The summed E-state index contributed by atoms with van der Waals surface area (Å²) in [5, 5.41) is 0. The fourth-order valence-corrected chi connectivity index (χ4v) is 13.2. The molecule has 2 nitrogen and oxygen atoms in total. The molecule has 3 aliphatic heterocycles. The van der Waals surface area contributed by atoms with Crippen LogP contribution in [0.15, 0.2) is 170 Å². The molecule has 0 saturated heterocycles. The van der Waals surface area contributed by atoms with Gasteiger partial charge in [-0.15, -0.1) is 0 Å². The van der Waals surface area contributed by atoms with E-state index in [0.29, 0.717) is 0 Å². The fourth-order valence-electron chi connectivity index (χ4n) is 13.2. The molecular weight excluding hydrogens is 771 g/mol. The van der Waals surface area contributed by atoms with Crippen molar-refractivity contribution in [3.63, 3.8) is 0 Å². The molecule has 0 saturated carbocycles.